The third-order valence-corrected chi connectivity index (χ3v) is 1.92. The number of allylic oxidation sites excluding steroid dienone is 2. The van der Waals surface area contributed by atoms with Gasteiger partial charge in [-0.2, -0.15) is 10.5 Å². The Hall–Kier alpha value is -2.79. The molecule has 0 atom stereocenters. The summed E-state index contributed by atoms with van der Waals surface area (Å²) in [6.45, 7) is 0. The summed E-state index contributed by atoms with van der Waals surface area (Å²) in [7, 11) is 1.56. The zero-order valence-electron chi connectivity index (χ0n) is 9.21. The highest BCUT2D eigenvalue weighted by molar-refractivity contribution is 5.81. The quantitative estimate of drug-likeness (QED) is 0.621. The van der Waals surface area contributed by atoms with Gasteiger partial charge < -0.3 is 10.5 Å². The van der Waals surface area contributed by atoms with Crippen LogP contribution in [0.15, 0.2) is 40.7 Å². The van der Waals surface area contributed by atoms with E-state index in [9.17, 15) is 0 Å². The van der Waals surface area contributed by atoms with E-state index >= 15 is 0 Å². The molecule has 1 aromatic rings. The zero-order chi connectivity index (χ0) is 12.7. The topological polar surface area (TPSA) is 95.2 Å². The number of hydrogen-bond acceptors (Lipinski definition) is 5. The standard InChI is InChI=1S/C12H10N4O/c1-17-10-4-2-3-9(5-10)8-16-12(7-14)11(15)6-13/h2-5,8H,15H2,1H3/b12-11-,16-8?. The van der Waals surface area contributed by atoms with Crippen LogP contribution in [0.3, 0.4) is 0 Å². The van der Waals surface area contributed by atoms with Crippen molar-refractivity contribution in [1.29, 1.82) is 10.5 Å². The fourth-order valence-corrected chi connectivity index (χ4v) is 1.07. The van der Waals surface area contributed by atoms with Crippen LogP contribution in [0.4, 0.5) is 0 Å². The van der Waals surface area contributed by atoms with E-state index in [0.29, 0.717) is 5.75 Å². The summed E-state index contributed by atoms with van der Waals surface area (Å²) >= 11 is 0. The molecule has 0 unspecified atom stereocenters. The van der Waals surface area contributed by atoms with Crippen molar-refractivity contribution < 1.29 is 4.74 Å². The van der Waals surface area contributed by atoms with Crippen LogP contribution in [-0.2, 0) is 0 Å². The molecule has 0 bridgehead atoms. The molecule has 0 aliphatic carbocycles. The van der Waals surface area contributed by atoms with Gasteiger partial charge in [0.2, 0.25) is 0 Å². The van der Waals surface area contributed by atoms with E-state index in [4.69, 9.17) is 21.0 Å². The summed E-state index contributed by atoms with van der Waals surface area (Å²) in [5, 5.41) is 17.3. The van der Waals surface area contributed by atoms with E-state index in [2.05, 4.69) is 4.99 Å². The summed E-state index contributed by atoms with van der Waals surface area (Å²) in [6, 6.07) is 10.6. The Kier molecular flexibility index (Phi) is 4.29. The minimum absolute atomic E-state index is 0.102. The summed E-state index contributed by atoms with van der Waals surface area (Å²) < 4.78 is 5.04. The monoisotopic (exact) mass is 226 g/mol. The van der Waals surface area contributed by atoms with Crippen LogP contribution in [0.25, 0.3) is 0 Å². The molecule has 2 N–H and O–H groups in total. The maximum Gasteiger partial charge on any atom is 0.174 e. The van der Waals surface area contributed by atoms with E-state index in [1.54, 1.807) is 43.5 Å². The number of nitriles is 2. The second-order valence-corrected chi connectivity index (χ2v) is 3.02. The maximum absolute atomic E-state index is 8.73. The minimum Gasteiger partial charge on any atom is -0.497 e. The molecule has 0 aromatic heterocycles. The number of aliphatic imine (C=N–C) groups is 1. The van der Waals surface area contributed by atoms with Crippen molar-refractivity contribution >= 4 is 6.21 Å². The van der Waals surface area contributed by atoms with Gasteiger partial charge in [0.1, 0.15) is 23.6 Å². The molecule has 0 fully saturated rings. The van der Waals surface area contributed by atoms with Crippen LogP contribution in [0.1, 0.15) is 5.56 Å². The normalized spacial score (nSPS) is 11.5. The van der Waals surface area contributed by atoms with Gasteiger partial charge >= 0.3 is 0 Å². The molecule has 84 valence electrons. The lowest BCUT2D eigenvalue weighted by molar-refractivity contribution is 0.415. The summed E-state index contributed by atoms with van der Waals surface area (Å²) in [4.78, 5) is 3.85. The molecule has 0 aliphatic heterocycles. The molecule has 1 aromatic carbocycles. The van der Waals surface area contributed by atoms with Gasteiger partial charge in [0.25, 0.3) is 0 Å². The number of rotatable bonds is 3. The fourth-order valence-electron chi connectivity index (χ4n) is 1.07. The van der Waals surface area contributed by atoms with Crippen LogP contribution < -0.4 is 10.5 Å². The highest BCUT2D eigenvalue weighted by Gasteiger charge is 1.99. The molecule has 0 heterocycles. The average molecular weight is 226 g/mol. The van der Waals surface area contributed by atoms with E-state index < -0.39 is 0 Å². The maximum atomic E-state index is 8.73. The second-order valence-electron chi connectivity index (χ2n) is 3.02. The van der Waals surface area contributed by atoms with Crippen LogP contribution >= 0.6 is 0 Å². The van der Waals surface area contributed by atoms with Gasteiger partial charge in [-0.3, -0.25) is 0 Å². The number of nitrogens with zero attached hydrogens (tertiary/aromatic N) is 3. The minimum atomic E-state index is -0.202. The molecule has 17 heavy (non-hydrogen) atoms. The summed E-state index contributed by atoms with van der Waals surface area (Å²) in [5.74, 6) is 0.685. The first-order valence-electron chi connectivity index (χ1n) is 4.69. The molecule has 0 saturated carbocycles. The molecule has 0 radical (unpaired) electrons. The van der Waals surface area contributed by atoms with Crippen molar-refractivity contribution in [2.75, 3.05) is 7.11 Å². The largest absolute Gasteiger partial charge is 0.497 e. The van der Waals surface area contributed by atoms with Crippen molar-refractivity contribution in [3.63, 3.8) is 0 Å². The van der Waals surface area contributed by atoms with Gasteiger partial charge in [-0.1, -0.05) is 12.1 Å². The Bertz CT molecular complexity index is 546. The lowest BCUT2D eigenvalue weighted by Gasteiger charge is -1.99. The van der Waals surface area contributed by atoms with Gasteiger partial charge in [0.15, 0.2) is 5.70 Å². The number of methoxy groups -OCH3 is 1. The molecule has 0 spiro atoms. The smallest absolute Gasteiger partial charge is 0.174 e. The Balaban J connectivity index is 2.99. The van der Waals surface area contributed by atoms with E-state index in [-0.39, 0.29) is 11.4 Å². The Labute approximate surface area is 99.1 Å². The number of benzene rings is 1. The molecular weight excluding hydrogens is 216 g/mol. The first kappa shape index (κ1) is 12.3. The van der Waals surface area contributed by atoms with Crippen LogP contribution in [0.5, 0.6) is 5.75 Å². The third kappa shape index (κ3) is 3.37. The van der Waals surface area contributed by atoms with Gasteiger partial charge in [0, 0.05) is 6.21 Å². The summed E-state index contributed by atoms with van der Waals surface area (Å²) in [6.07, 6.45) is 1.45. The Morgan fingerprint density at radius 1 is 1.41 bits per heavy atom. The number of hydrogen-bond donors (Lipinski definition) is 1. The van der Waals surface area contributed by atoms with E-state index in [1.165, 1.54) is 6.21 Å². The molecular formula is C12H10N4O. The van der Waals surface area contributed by atoms with Crippen LogP contribution in [0, 0.1) is 22.7 Å². The molecule has 1 rings (SSSR count). The molecule has 0 amide bonds. The van der Waals surface area contributed by atoms with Gasteiger partial charge in [-0.15, -0.1) is 0 Å². The van der Waals surface area contributed by atoms with Gasteiger partial charge in [0.05, 0.1) is 7.11 Å². The number of nitrogens with two attached hydrogens (primary N) is 1. The second kappa shape index (κ2) is 5.94. The fraction of sp³-hybridized carbons (Fsp3) is 0.0833. The van der Waals surface area contributed by atoms with Crippen molar-refractivity contribution in [3.8, 4) is 17.9 Å². The number of ether oxygens (including phenoxy) is 1. The van der Waals surface area contributed by atoms with Crippen molar-refractivity contribution in [2.24, 2.45) is 10.7 Å². The lowest BCUT2D eigenvalue weighted by atomic mass is 10.2. The first-order valence-corrected chi connectivity index (χ1v) is 4.69. The highest BCUT2D eigenvalue weighted by Crippen LogP contribution is 2.11. The van der Waals surface area contributed by atoms with Crippen molar-refractivity contribution in [1.82, 2.24) is 0 Å². The van der Waals surface area contributed by atoms with Gasteiger partial charge in [-0.25, -0.2) is 4.99 Å². The SMILES string of the molecule is COc1cccc(C=N/C(C#N)=C(\N)C#N)c1. The van der Waals surface area contributed by atoms with Crippen molar-refractivity contribution in [2.45, 2.75) is 0 Å². The first-order chi connectivity index (χ1) is 8.21. The van der Waals surface area contributed by atoms with E-state index in [1.807, 2.05) is 0 Å². The van der Waals surface area contributed by atoms with Crippen molar-refractivity contribution in [3.05, 3.63) is 41.2 Å². The molecule has 0 aliphatic rings. The van der Waals surface area contributed by atoms with Crippen LogP contribution in [0.2, 0.25) is 0 Å². The van der Waals surface area contributed by atoms with E-state index in [0.717, 1.165) is 5.56 Å². The summed E-state index contributed by atoms with van der Waals surface area (Å²) in [5.41, 5.74) is 5.75. The molecule has 5 heteroatoms. The Morgan fingerprint density at radius 3 is 2.76 bits per heavy atom. The zero-order valence-corrected chi connectivity index (χ0v) is 9.21. The molecule has 5 nitrogen and oxygen atoms in total. The lowest BCUT2D eigenvalue weighted by Crippen LogP contribution is -1.97. The van der Waals surface area contributed by atoms with Gasteiger partial charge in [-0.05, 0) is 17.7 Å². The predicted molar refractivity (Wildman–Crippen MR) is 63.0 cm³/mol. The average Bonchev–Trinajstić information content (AvgIpc) is 2.39. The predicted octanol–water partition coefficient (Wildman–Crippen LogP) is 1.33. The highest BCUT2D eigenvalue weighted by atomic mass is 16.5. The Morgan fingerprint density at radius 2 is 2.18 bits per heavy atom. The third-order valence-electron chi connectivity index (χ3n) is 1.92. The van der Waals surface area contributed by atoms with Crippen LogP contribution in [-0.4, -0.2) is 13.3 Å². The molecule has 0 saturated heterocycles.